The van der Waals surface area contributed by atoms with Gasteiger partial charge in [-0.3, -0.25) is 0 Å². The molecule has 4 heteroatoms. The summed E-state index contributed by atoms with van der Waals surface area (Å²) >= 11 is 3.43. The molecule has 0 radical (unpaired) electrons. The van der Waals surface area contributed by atoms with Gasteiger partial charge < -0.3 is 9.63 Å². The summed E-state index contributed by atoms with van der Waals surface area (Å²) in [5.41, 5.74) is 3.30. The fourth-order valence-corrected chi connectivity index (χ4v) is 2.43. The first kappa shape index (κ1) is 12.9. The van der Waals surface area contributed by atoms with Crippen molar-refractivity contribution < 1.29 is 9.63 Å². The third kappa shape index (κ3) is 2.47. The molecule has 0 saturated carbocycles. The zero-order valence-corrected chi connectivity index (χ0v) is 12.4. The van der Waals surface area contributed by atoms with Crippen LogP contribution in [0, 0.1) is 6.92 Å². The summed E-state index contributed by atoms with van der Waals surface area (Å²) in [4.78, 5) is 0. The molecule has 0 bridgehead atoms. The highest BCUT2D eigenvalue weighted by Gasteiger charge is 2.12. The number of hydrogen-bond donors (Lipinski definition) is 1. The van der Waals surface area contributed by atoms with Crippen LogP contribution in [0.3, 0.4) is 0 Å². The Morgan fingerprint density at radius 3 is 2.75 bits per heavy atom. The van der Waals surface area contributed by atoms with Crippen molar-refractivity contribution >= 4 is 15.9 Å². The molecule has 3 rings (SSSR count). The summed E-state index contributed by atoms with van der Waals surface area (Å²) in [6.45, 7) is 1.97. The van der Waals surface area contributed by atoms with E-state index in [2.05, 4.69) is 21.1 Å². The Bertz CT molecular complexity index is 765. The molecular weight excluding hydrogens is 318 g/mol. The van der Waals surface area contributed by atoms with Crippen LogP contribution in [0.2, 0.25) is 0 Å². The summed E-state index contributed by atoms with van der Waals surface area (Å²) in [6.07, 6.45) is 0. The monoisotopic (exact) mass is 329 g/mol. The third-order valence-corrected chi connectivity index (χ3v) is 3.54. The maximum absolute atomic E-state index is 9.92. The second-order valence-corrected chi connectivity index (χ2v) is 5.52. The minimum absolute atomic E-state index is 0.199. The zero-order valence-electron chi connectivity index (χ0n) is 10.8. The summed E-state index contributed by atoms with van der Waals surface area (Å²) < 4.78 is 6.35. The molecule has 3 aromatic rings. The van der Waals surface area contributed by atoms with Crippen LogP contribution >= 0.6 is 15.9 Å². The number of halogens is 1. The summed E-state index contributed by atoms with van der Waals surface area (Å²) in [5.74, 6) is 0.867. The first-order chi connectivity index (χ1) is 9.63. The van der Waals surface area contributed by atoms with Crippen LogP contribution in [0.25, 0.3) is 22.6 Å². The quantitative estimate of drug-likeness (QED) is 0.735. The van der Waals surface area contributed by atoms with E-state index in [0.717, 1.165) is 15.6 Å². The topological polar surface area (TPSA) is 46.3 Å². The summed E-state index contributed by atoms with van der Waals surface area (Å²) in [7, 11) is 0. The molecule has 1 heterocycles. The van der Waals surface area contributed by atoms with Gasteiger partial charge in [0.2, 0.25) is 0 Å². The lowest BCUT2D eigenvalue weighted by molar-refractivity contribution is 0.433. The molecule has 0 aliphatic carbocycles. The van der Waals surface area contributed by atoms with E-state index in [-0.39, 0.29) is 5.75 Å². The largest absolute Gasteiger partial charge is 0.507 e. The summed E-state index contributed by atoms with van der Waals surface area (Å²) in [6, 6.07) is 15.0. The average molecular weight is 330 g/mol. The van der Waals surface area contributed by atoms with Gasteiger partial charge in [-0.25, -0.2) is 0 Å². The van der Waals surface area contributed by atoms with E-state index in [9.17, 15) is 5.11 Å². The lowest BCUT2D eigenvalue weighted by Gasteiger charge is -2.01. The third-order valence-electron chi connectivity index (χ3n) is 3.05. The van der Waals surface area contributed by atoms with E-state index in [1.54, 1.807) is 6.07 Å². The molecule has 0 saturated heterocycles. The van der Waals surface area contributed by atoms with Gasteiger partial charge in [-0.2, -0.15) is 0 Å². The molecule has 1 aromatic heterocycles. The van der Waals surface area contributed by atoms with Crippen molar-refractivity contribution in [3.63, 3.8) is 0 Å². The van der Waals surface area contributed by atoms with Crippen LogP contribution < -0.4 is 0 Å². The van der Waals surface area contributed by atoms with E-state index in [0.29, 0.717) is 17.0 Å². The second-order valence-electron chi connectivity index (χ2n) is 4.61. The molecule has 100 valence electrons. The number of phenols is 1. The van der Waals surface area contributed by atoms with Gasteiger partial charge in [0.1, 0.15) is 11.4 Å². The minimum atomic E-state index is 0.199. The van der Waals surface area contributed by atoms with Crippen molar-refractivity contribution in [1.82, 2.24) is 5.16 Å². The van der Waals surface area contributed by atoms with E-state index < -0.39 is 0 Å². The standard InChI is InChI=1S/C16H12BrNO2/c1-10-5-6-15(19)13(7-10)14-9-16(20-18-14)11-3-2-4-12(17)8-11/h2-9,19H,1H3. The predicted molar refractivity (Wildman–Crippen MR) is 81.5 cm³/mol. The van der Waals surface area contributed by atoms with E-state index in [4.69, 9.17) is 4.52 Å². The molecule has 3 nitrogen and oxygen atoms in total. The number of benzene rings is 2. The minimum Gasteiger partial charge on any atom is -0.507 e. The first-order valence-corrected chi connectivity index (χ1v) is 6.95. The van der Waals surface area contributed by atoms with Crippen molar-refractivity contribution in [2.24, 2.45) is 0 Å². The van der Waals surface area contributed by atoms with E-state index in [1.165, 1.54) is 0 Å². The molecule has 0 aliphatic rings. The highest BCUT2D eigenvalue weighted by Crippen LogP contribution is 2.32. The maximum atomic E-state index is 9.92. The second kappa shape index (κ2) is 5.13. The molecule has 2 aromatic carbocycles. The summed E-state index contributed by atoms with van der Waals surface area (Å²) in [5, 5.41) is 14.0. The number of nitrogens with zero attached hydrogens (tertiary/aromatic N) is 1. The highest BCUT2D eigenvalue weighted by atomic mass is 79.9. The molecule has 0 spiro atoms. The van der Waals surface area contributed by atoms with Gasteiger partial charge in [0, 0.05) is 21.7 Å². The van der Waals surface area contributed by atoms with E-state index in [1.807, 2.05) is 49.4 Å². The van der Waals surface area contributed by atoms with Crippen molar-refractivity contribution in [2.75, 3.05) is 0 Å². The fourth-order valence-electron chi connectivity index (χ4n) is 2.03. The Labute approximate surface area is 125 Å². The van der Waals surface area contributed by atoms with Gasteiger partial charge in [0.05, 0.1) is 0 Å². The number of phenolic OH excluding ortho intramolecular Hbond substituents is 1. The van der Waals surface area contributed by atoms with E-state index >= 15 is 0 Å². The molecule has 0 aliphatic heterocycles. The van der Waals surface area contributed by atoms with Crippen LogP contribution in [-0.2, 0) is 0 Å². The van der Waals surface area contributed by atoms with Gasteiger partial charge >= 0.3 is 0 Å². The number of aryl methyl sites for hydroxylation is 1. The Hall–Kier alpha value is -2.07. The Kier molecular flexibility index (Phi) is 3.32. The Morgan fingerprint density at radius 1 is 1.10 bits per heavy atom. The lowest BCUT2D eigenvalue weighted by Crippen LogP contribution is -1.80. The number of aromatic hydroxyl groups is 1. The molecule has 0 amide bonds. The van der Waals surface area contributed by atoms with Crippen molar-refractivity contribution in [3.05, 3.63) is 58.6 Å². The zero-order chi connectivity index (χ0) is 14.1. The van der Waals surface area contributed by atoms with Crippen LogP contribution in [0.5, 0.6) is 5.75 Å². The molecule has 0 atom stereocenters. The van der Waals surface area contributed by atoms with Crippen LogP contribution in [0.4, 0.5) is 0 Å². The van der Waals surface area contributed by atoms with Crippen LogP contribution in [0.15, 0.2) is 57.5 Å². The van der Waals surface area contributed by atoms with Crippen molar-refractivity contribution in [1.29, 1.82) is 0 Å². The highest BCUT2D eigenvalue weighted by molar-refractivity contribution is 9.10. The molecule has 1 N–H and O–H groups in total. The maximum Gasteiger partial charge on any atom is 0.167 e. The Balaban J connectivity index is 2.04. The lowest BCUT2D eigenvalue weighted by atomic mass is 10.1. The molecule has 20 heavy (non-hydrogen) atoms. The SMILES string of the molecule is Cc1ccc(O)c(-c2cc(-c3cccc(Br)c3)on2)c1. The molecule has 0 unspecified atom stereocenters. The van der Waals surface area contributed by atoms with Gasteiger partial charge in [-0.15, -0.1) is 0 Å². The first-order valence-electron chi connectivity index (χ1n) is 6.16. The van der Waals surface area contributed by atoms with Gasteiger partial charge in [-0.1, -0.05) is 44.8 Å². The van der Waals surface area contributed by atoms with Gasteiger partial charge in [0.25, 0.3) is 0 Å². The predicted octanol–water partition coefficient (Wildman–Crippen LogP) is 4.79. The van der Waals surface area contributed by atoms with Crippen molar-refractivity contribution in [3.8, 4) is 28.3 Å². The number of hydrogen-bond acceptors (Lipinski definition) is 3. The number of rotatable bonds is 2. The van der Waals surface area contributed by atoms with Crippen molar-refractivity contribution in [2.45, 2.75) is 6.92 Å². The van der Waals surface area contributed by atoms with Gasteiger partial charge in [0.15, 0.2) is 5.76 Å². The molecule has 0 fully saturated rings. The molecular formula is C16H12BrNO2. The van der Waals surface area contributed by atoms with Crippen LogP contribution in [0.1, 0.15) is 5.56 Å². The van der Waals surface area contributed by atoms with Gasteiger partial charge in [-0.05, 0) is 31.2 Å². The average Bonchev–Trinajstić information content (AvgIpc) is 2.91. The normalized spacial score (nSPS) is 10.7. The Morgan fingerprint density at radius 2 is 1.95 bits per heavy atom. The fraction of sp³-hybridized carbons (Fsp3) is 0.0625. The smallest absolute Gasteiger partial charge is 0.167 e. The number of aromatic nitrogens is 1. The van der Waals surface area contributed by atoms with Crippen LogP contribution in [-0.4, -0.2) is 10.3 Å².